The Kier molecular flexibility index (Phi) is 4.93. The van der Waals surface area contributed by atoms with Crippen LogP contribution in [0.3, 0.4) is 0 Å². The van der Waals surface area contributed by atoms with Gasteiger partial charge in [-0.15, -0.1) is 0 Å². The second-order valence-electron chi connectivity index (χ2n) is 5.00. The van der Waals surface area contributed by atoms with Gasteiger partial charge in [0, 0.05) is 24.4 Å². The molecular formula is C16H18N2O4. The minimum Gasteiger partial charge on any atom is -0.480 e. The zero-order chi connectivity index (χ0) is 16.1. The average Bonchev–Trinajstić information content (AvgIpc) is 2.94. The van der Waals surface area contributed by atoms with Crippen molar-refractivity contribution in [2.75, 3.05) is 0 Å². The summed E-state index contributed by atoms with van der Waals surface area (Å²) in [4.78, 5) is 34.8. The molecule has 0 radical (unpaired) electrons. The maximum atomic E-state index is 12.2. The molecule has 0 bridgehead atoms. The molecule has 0 saturated carbocycles. The van der Waals surface area contributed by atoms with Crippen LogP contribution >= 0.6 is 0 Å². The molecule has 6 heteroatoms. The molecule has 2 N–H and O–H groups in total. The van der Waals surface area contributed by atoms with Crippen LogP contribution in [-0.2, 0) is 9.59 Å². The van der Waals surface area contributed by atoms with Gasteiger partial charge in [-0.3, -0.25) is 14.2 Å². The number of hydrogen-bond donors (Lipinski definition) is 2. The van der Waals surface area contributed by atoms with Gasteiger partial charge in [0.2, 0.25) is 11.8 Å². The Bertz CT molecular complexity index is 705. The van der Waals surface area contributed by atoms with E-state index < -0.39 is 17.9 Å². The second-order valence-corrected chi connectivity index (χ2v) is 5.00. The molecule has 1 atom stereocenters. The summed E-state index contributed by atoms with van der Waals surface area (Å²) in [6, 6.07) is 8.41. The summed E-state index contributed by atoms with van der Waals surface area (Å²) in [7, 11) is 0. The van der Waals surface area contributed by atoms with Crippen LogP contribution in [-0.4, -0.2) is 33.5 Å². The molecular weight excluding hydrogens is 284 g/mol. The van der Waals surface area contributed by atoms with Crippen molar-refractivity contribution in [3.63, 3.8) is 0 Å². The van der Waals surface area contributed by atoms with Crippen molar-refractivity contribution < 1.29 is 19.5 Å². The molecule has 0 spiro atoms. The summed E-state index contributed by atoms with van der Waals surface area (Å²) in [5, 5.41) is 12.2. The molecule has 6 nitrogen and oxygen atoms in total. The number of fused-ring (bicyclic) bond motifs is 1. The van der Waals surface area contributed by atoms with Crippen molar-refractivity contribution in [1.29, 1.82) is 0 Å². The quantitative estimate of drug-likeness (QED) is 0.854. The molecule has 1 aromatic carbocycles. The summed E-state index contributed by atoms with van der Waals surface area (Å²) >= 11 is 0. The highest BCUT2D eigenvalue weighted by molar-refractivity contribution is 5.94. The monoisotopic (exact) mass is 302 g/mol. The SMILES string of the molecule is CCC(NC(=O)CCC(=O)n1ccc2ccccc21)C(=O)O. The Morgan fingerprint density at radius 2 is 1.91 bits per heavy atom. The normalized spacial score (nSPS) is 12.0. The summed E-state index contributed by atoms with van der Waals surface area (Å²) in [6.45, 7) is 1.68. The molecule has 0 aliphatic rings. The number of hydrogen-bond acceptors (Lipinski definition) is 3. The largest absolute Gasteiger partial charge is 0.480 e. The van der Waals surface area contributed by atoms with Crippen molar-refractivity contribution in [2.24, 2.45) is 0 Å². The number of rotatable bonds is 6. The molecule has 22 heavy (non-hydrogen) atoms. The Balaban J connectivity index is 1.95. The van der Waals surface area contributed by atoms with E-state index in [2.05, 4.69) is 5.32 Å². The third kappa shape index (κ3) is 3.52. The topological polar surface area (TPSA) is 88.4 Å². The van der Waals surface area contributed by atoms with Gasteiger partial charge in [-0.25, -0.2) is 4.79 Å². The van der Waals surface area contributed by atoms with Gasteiger partial charge in [-0.1, -0.05) is 25.1 Å². The van der Waals surface area contributed by atoms with Crippen molar-refractivity contribution in [1.82, 2.24) is 9.88 Å². The lowest BCUT2D eigenvalue weighted by atomic mass is 10.2. The van der Waals surface area contributed by atoms with E-state index in [1.54, 1.807) is 13.1 Å². The van der Waals surface area contributed by atoms with E-state index in [9.17, 15) is 14.4 Å². The number of benzene rings is 1. The fraction of sp³-hybridized carbons (Fsp3) is 0.312. The predicted octanol–water partition coefficient (Wildman–Crippen LogP) is 2.04. The molecule has 0 aliphatic heterocycles. The summed E-state index contributed by atoms with van der Waals surface area (Å²) in [6.07, 6.45) is 1.98. The van der Waals surface area contributed by atoms with Gasteiger partial charge >= 0.3 is 5.97 Å². The first-order valence-electron chi connectivity index (χ1n) is 7.14. The Labute approximate surface area is 127 Å². The van der Waals surface area contributed by atoms with Gasteiger partial charge in [-0.05, 0) is 18.6 Å². The fourth-order valence-corrected chi connectivity index (χ4v) is 2.25. The number of para-hydroxylation sites is 1. The smallest absolute Gasteiger partial charge is 0.326 e. The highest BCUT2D eigenvalue weighted by Crippen LogP contribution is 2.15. The van der Waals surface area contributed by atoms with Crippen LogP contribution in [0.4, 0.5) is 0 Å². The number of carbonyl (C=O) groups is 3. The number of amides is 1. The lowest BCUT2D eigenvalue weighted by Gasteiger charge is -2.12. The standard InChI is InChI=1S/C16H18N2O4/c1-2-12(16(21)22)17-14(19)7-8-15(20)18-10-9-11-5-3-4-6-13(11)18/h3-6,9-10,12H,2,7-8H2,1H3,(H,17,19)(H,21,22). The highest BCUT2D eigenvalue weighted by Gasteiger charge is 2.18. The first-order chi connectivity index (χ1) is 10.5. The lowest BCUT2D eigenvalue weighted by molar-refractivity contribution is -0.141. The second kappa shape index (κ2) is 6.89. The maximum absolute atomic E-state index is 12.2. The van der Waals surface area contributed by atoms with Gasteiger partial charge in [0.25, 0.3) is 0 Å². The Hall–Kier alpha value is -2.63. The number of aromatic nitrogens is 1. The molecule has 1 amide bonds. The predicted molar refractivity (Wildman–Crippen MR) is 81.7 cm³/mol. The van der Waals surface area contributed by atoms with E-state index in [1.807, 2.05) is 30.3 Å². The Morgan fingerprint density at radius 1 is 1.18 bits per heavy atom. The molecule has 2 aromatic rings. The minimum atomic E-state index is -1.07. The van der Waals surface area contributed by atoms with E-state index in [0.29, 0.717) is 6.42 Å². The number of nitrogens with zero attached hydrogens (tertiary/aromatic N) is 1. The average molecular weight is 302 g/mol. The number of carboxylic acid groups (broad SMARTS) is 1. The van der Waals surface area contributed by atoms with Crippen molar-refractivity contribution >= 4 is 28.7 Å². The Morgan fingerprint density at radius 3 is 2.59 bits per heavy atom. The highest BCUT2D eigenvalue weighted by atomic mass is 16.4. The summed E-state index contributed by atoms with van der Waals surface area (Å²) in [5.74, 6) is -1.70. The zero-order valence-electron chi connectivity index (χ0n) is 12.3. The van der Waals surface area contributed by atoms with Gasteiger partial charge in [0.15, 0.2) is 0 Å². The fourth-order valence-electron chi connectivity index (χ4n) is 2.25. The number of carbonyl (C=O) groups excluding carboxylic acids is 2. The van der Waals surface area contributed by atoms with Crippen LogP contribution in [0.1, 0.15) is 31.0 Å². The molecule has 1 aromatic heterocycles. The molecule has 1 heterocycles. The number of carboxylic acids is 1. The van der Waals surface area contributed by atoms with Crippen LogP contribution in [0.15, 0.2) is 36.5 Å². The van der Waals surface area contributed by atoms with E-state index in [-0.39, 0.29) is 18.7 Å². The third-order valence-corrected chi connectivity index (χ3v) is 3.48. The molecule has 2 rings (SSSR count). The number of nitrogens with one attached hydrogen (secondary N) is 1. The molecule has 0 fully saturated rings. The summed E-state index contributed by atoms with van der Waals surface area (Å²) in [5.41, 5.74) is 0.796. The first kappa shape index (κ1) is 15.8. The maximum Gasteiger partial charge on any atom is 0.326 e. The molecule has 0 aliphatic carbocycles. The van der Waals surface area contributed by atoms with Crippen molar-refractivity contribution in [2.45, 2.75) is 32.2 Å². The van der Waals surface area contributed by atoms with Gasteiger partial charge in [0.05, 0.1) is 5.52 Å². The number of aliphatic carboxylic acids is 1. The zero-order valence-corrected chi connectivity index (χ0v) is 12.3. The van der Waals surface area contributed by atoms with Crippen LogP contribution in [0, 0.1) is 0 Å². The van der Waals surface area contributed by atoms with E-state index >= 15 is 0 Å². The van der Waals surface area contributed by atoms with Gasteiger partial charge in [-0.2, -0.15) is 0 Å². The van der Waals surface area contributed by atoms with E-state index in [0.717, 1.165) is 10.9 Å². The lowest BCUT2D eigenvalue weighted by Crippen LogP contribution is -2.40. The van der Waals surface area contributed by atoms with E-state index in [4.69, 9.17) is 5.11 Å². The third-order valence-electron chi connectivity index (χ3n) is 3.48. The van der Waals surface area contributed by atoms with Crippen LogP contribution < -0.4 is 5.32 Å². The molecule has 116 valence electrons. The van der Waals surface area contributed by atoms with Crippen molar-refractivity contribution in [3.8, 4) is 0 Å². The van der Waals surface area contributed by atoms with Crippen molar-refractivity contribution in [3.05, 3.63) is 36.5 Å². The molecule has 0 saturated heterocycles. The van der Waals surface area contributed by atoms with Gasteiger partial charge < -0.3 is 10.4 Å². The van der Waals surface area contributed by atoms with Crippen LogP contribution in [0.5, 0.6) is 0 Å². The summed E-state index contributed by atoms with van der Waals surface area (Å²) < 4.78 is 1.51. The molecule has 1 unspecified atom stereocenters. The first-order valence-corrected chi connectivity index (χ1v) is 7.14. The van der Waals surface area contributed by atoms with Gasteiger partial charge in [0.1, 0.15) is 6.04 Å². The van der Waals surface area contributed by atoms with E-state index in [1.165, 1.54) is 4.57 Å². The minimum absolute atomic E-state index is 0.0283. The van der Waals surface area contributed by atoms with Crippen LogP contribution in [0.2, 0.25) is 0 Å². The van der Waals surface area contributed by atoms with Crippen LogP contribution in [0.25, 0.3) is 10.9 Å².